The highest BCUT2D eigenvalue weighted by Gasteiger charge is 2.37. The van der Waals surface area contributed by atoms with Crippen LogP contribution in [0.5, 0.6) is 0 Å². The highest BCUT2D eigenvalue weighted by atomic mass is 15.0. The monoisotopic (exact) mass is 651 g/mol. The molecule has 10 rings (SSSR count). The molecule has 0 aliphatic heterocycles. The fourth-order valence-corrected chi connectivity index (χ4v) is 8.36. The molecule has 1 aromatic heterocycles. The molecule has 0 saturated carbocycles. The zero-order valence-electron chi connectivity index (χ0n) is 28.4. The third kappa shape index (κ3) is 4.48. The Morgan fingerprint density at radius 2 is 0.922 bits per heavy atom. The first-order chi connectivity index (χ1) is 25.1. The van der Waals surface area contributed by atoms with E-state index in [1.54, 1.807) is 0 Å². The van der Waals surface area contributed by atoms with Gasteiger partial charge in [0.25, 0.3) is 0 Å². The van der Waals surface area contributed by atoms with Gasteiger partial charge in [-0.1, -0.05) is 178 Å². The van der Waals surface area contributed by atoms with E-state index in [2.05, 4.69) is 159 Å². The minimum absolute atomic E-state index is 0.140. The van der Waals surface area contributed by atoms with Gasteiger partial charge < -0.3 is 0 Å². The zero-order chi connectivity index (χ0) is 34.1. The first-order valence-electron chi connectivity index (χ1n) is 17.5. The van der Waals surface area contributed by atoms with Crippen molar-refractivity contribution in [3.8, 4) is 56.4 Å². The van der Waals surface area contributed by atoms with E-state index in [9.17, 15) is 0 Å². The van der Waals surface area contributed by atoms with Gasteiger partial charge >= 0.3 is 0 Å². The number of fused-ring (bicyclic) bond motifs is 7. The van der Waals surface area contributed by atoms with Crippen molar-refractivity contribution in [1.82, 2.24) is 15.0 Å². The molecule has 1 aliphatic rings. The van der Waals surface area contributed by atoms with Crippen LogP contribution < -0.4 is 0 Å². The SMILES string of the molecule is CC1(C)c2ccccc2-c2c(-c3nc(-c4ccccc4)nc(-c4c5ccccc5c(-c5ccccc5)c5ccc6ccccc6c45)n3)cccc21. The molecule has 240 valence electrons. The maximum Gasteiger partial charge on any atom is 0.165 e. The molecule has 1 aliphatic carbocycles. The van der Waals surface area contributed by atoms with Gasteiger partial charge in [0, 0.05) is 27.5 Å². The summed E-state index contributed by atoms with van der Waals surface area (Å²) in [5, 5.41) is 6.95. The molecule has 9 aromatic rings. The summed E-state index contributed by atoms with van der Waals surface area (Å²) in [4.78, 5) is 16.1. The average Bonchev–Trinajstić information content (AvgIpc) is 3.43. The molecule has 0 radical (unpaired) electrons. The van der Waals surface area contributed by atoms with Crippen molar-refractivity contribution in [3.05, 3.63) is 175 Å². The minimum Gasteiger partial charge on any atom is -0.208 e. The third-order valence-electron chi connectivity index (χ3n) is 10.7. The second kappa shape index (κ2) is 11.3. The lowest BCUT2D eigenvalue weighted by molar-refractivity contribution is 0.660. The Hall–Kier alpha value is -6.45. The van der Waals surface area contributed by atoms with E-state index in [0.717, 1.165) is 27.5 Å². The van der Waals surface area contributed by atoms with E-state index in [1.807, 2.05) is 18.2 Å². The van der Waals surface area contributed by atoms with Gasteiger partial charge in [0.05, 0.1) is 0 Å². The predicted octanol–water partition coefficient (Wildman–Crippen LogP) is 12.3. The highest BCUT2D eigenvalue weighted by Crippen LogP contribution is 2.52. The van der Waals surface area contributed by atoms with Crippen LogP contribution in [-0.4, -0.2) is 15.0 Å². The van der Waals surface area contributed by atoms with Crippen LogP contribution in [0.1, 0.15) is 25.0 Å². The molecule has 8 aromatic carbocycles. The van der Waals surface area contributed by atoms with E-state index in [1.165, 1.54) is 54.9 Å². The van der Waals surface area contributed by atoms with Crippen LogP contribution >= 0.6 is 0 Å². The fourth-order valence-electron chi connectivity index (χ4n) is 8.36. The molecule has 0 unspecified atom stereocenters. The van der Waals surface area contributed by atoms with Gasteiger partial charge in [-0.05, 0) is 60.3 Å². The molecule has 0 N–H and O–H groups in total. The number of benzene rings is 8. The van der Waals surface area contributed by atoms with E-state index >= 15 is 0 Å². The highest BCUT2D eigenvalue weighted by molar-refractivity contribution is 6.27. The van der Waals surface area contributed by atoms with E-state index in [0.29, 0.717) is 17.5 Å². The van der Waals surface area contributed by atoms with Gasteiger partial charge in [0.2, 0.25) is 0 Å². The summed E-state index contributed by atoms with van der Waals surface area (Å²) in [6, 6.07) is 58.3. The van der Waals surface area contributed by atoms with E-state index in [4.69, 9.17) is 15.0 Å². The van der Waals surface area contributed by atoms with Gasteiger partial charge in [0.15, 0.2) is 17.5 Å². The molecular weight excluding hydrogens is 619 g/mol. The number of hydrogen-bond donors (Lipinski definition) is 0. The summed E-state index contributed by atoms with van der Waals surface area (Å²) in [5.41, 5.74) is 10.3. The van der Waals surface area contributed by atoms with Gasteiger partial charge in [-0.2, -0.15) is 0 Å². The lowest BCUT2D eigenvalue weighted by Gasteiger charge is -2.21. The quantitative estimate of drug-likeness (QED) is 0.140. The number of rotatable bonds is 4. The minimum atomic E-state index is -0.140. The van der Waals surface area contributed by atoms with E-state index < -0.39 is 0 Å². The van der Waals surface area contributed by atoms with Crippen LogP contribution in [0.15, 0.2) is 164 Å². The number of aromatic nitrogens is 3. The summed E-state index contributed by atoms with van der Waals surface area (Å²) in [7, 11) is 0. The molecule has 0 fully saturated rings. The molecule has 0 spiro atoms. The summed E-state index contributed by atoms with van der Waals surface area (Å²) in [6.45, 7) is 4.63. The predicted molar refractivity (Wildman–Crippen MR) is 212 cm³/mol. The molecular formula is C48H33N3. The van der Waals surface area contributed by atoms with Crippen LogP contribution in [0.4, 0.5) is 0 Å². The topological polar surface area (TPSA) is 38.7 Å². The summed E-state index contributed by atoms with van der Waals surface area (Å²) < 4.78 is 0. The van der Waals surface area contributed by atoms with Gasteiger partial charge in [-0.15, -0.1) is 0 Å². The van der Waals surface area contributed by atoms with Crippen LogP contribution in [0.25, 0.3) is 88.7 Å². The molecule has 51 heavy (non-hydrogen) atoms. The second-order valence-corrected chi connectivity index (χ2v) is 13.9. The molecule has 0 amide bonds. The normalized spacial score (nSPS) is 13.1. The number of nitrogens with zero attached hydrogens (tertiary/aromatic N) is 3. The van der Waals surface area contributed by atoms with Crippen molar-refractivity contribution in [3.63, 3.8) is 0 Å². The average molecular weight is 652 g/mol. The van der Waals surface area contributed by atoms with Crippen LogP contribution in [0, 0.1) is 0 Å². The Balaban J connectivity index is 1.36. The first kappa shape index (κ1) is 29.5. The Labute approximate surface area is 297 Å². The first-order valence-corrected chi connectivity index (χ1v) is 17.5. The van der Waals surface area contributed by atoms with Gasteiger partial charge in [-0.3, -0.25) is 0 Å². The van der Waals surface area contributed by atoms with Gasteiger partial charge in [-0.25, -0.2) is 15.0 Å². The lowest BCUT2D eigenvalue weighted by Crippen LogP contribution is -2.14. The standard InChI is InChI=1S/C48H33N3/c1-48(2)39-26-14-13-24-36(39)42-38(25-15-27-40(42)48)46-49-45(32-19-7-4-8-20-32)50-47(51-46)44-35-23-12-11-22-34(35)41(31-17-5-3-6-18-31)37-29-28-30-16-9-10-21-33(30)43(37)44/h3-29H,1-2H3. The van der Waals surface area contributed by atoms with Crippen LogP contribution in [0.2, 0.25) is 0 Å². The Bertz CT molecular complexity index is 2820. The van der Waals surface area contributed by atoms with Crippen molar-refractivity contribution in [1.29, 1.82) is 0 Å². The Morgan fingerprint density at radius 3 is 1.71 bits per heavy atom. The second-order valence-electron chi connectivity index (χ2n) is 13.9. The van der Waals surface area contributed by atoms with E-state index in [-0.39, 0.29) is 5.41 Å². The Kier molecular flexibility index (Phi) is 6.53. The summed E-state index contributed by atoms with van der Waals surface area (Å²) >= 11 is 0. The van der Waals surface area contributed by atoms with Crippen LogP contribution in [-0.2, 0) is 5.41 Å². The summed E-state index contributed by atoms with van der Waals surface area (Å²) in [5.74, 6) is 2.00. The number of hydrogen-bond acceptors (Lipinski definition) is 3. The zero-order valence-corrected chi connectivity index (χ0v) is 28.4. The van der Waals surface area contributed by atoms with Gasteiger partial charge in [0.1, 0.15) is 0 Å². The fraction of sp³-hybridized carbons (Fsp3) is 0.0625. The van der Waals surface area contributed by atoms with Crippen molar-refractivity contribution in [2.75, 3.05) is 0 Å². The lowest BCUT2D eigenvalue weighted by atomic mass is 9.82. The smallest absolute Gasteiger partial charge is 0.165 e. The van der Waals surface area contributed by atoms with Crippen LogP contribution in [0.3, 0.4) is 0 Å². The molecule has 3 heteroatoms. The van der Waals surface area contributed by atoms with Crippen molar-refractivity contribution in [2.24, 2.45) is 0 Å². The summed E-state index contributed by atoms with van der Waals surface area (Å²) in [6.07, 6.45) is 0. The molecule has 0 bridgehead atoms. The Morgan fingerprint density at radius 1 is 0.353 bits per heavy atom. The molecule has 0 saturated heterocycles. The van der Waals surface area contributed by atoms with Crippen molar-refractivity contribution >= 4 is 32.3 Å². The molecule has 1 heterocycles. The molecule has 0 atom stereocenters. The van der Waals surface area contributed by atoms with Crippen molar-refractivity contribution in [2.45, 2.75) is 19.3 Å². The molecule has 3 nitrogen and oxygen atoms in total. The largest absolute Gasteiger partial charge is 0.208 e. The third-order valence-corrected chi connectivity index (χ3v) is 10.7. The maximum absolute atomic E-state index is 5.48. The maximum atomic E-state index is 5.48. The van der Waals surface area contributed by atoms with Crippen molar-refractivity contribution < 1.29 is 0 Å².